The lowest BCUT2D eigenvalue weighted by Crippen LogP contribution is -2.16. The Morgan fingerprint density at radius 1 is 1.37 bits per heavy atom. The Labute approximate surface area is 140 Å². The number of rotatable bonds is 2. The lowest BCUT2D eigenvalue weighted by atomic mass is 9.93. The topological polar surface area (TPSA) is 12.0 Å². The van der Waals surface area contributed by atoms with Crippen molar-refractivity contribution in [2.75, 3.05) is 5.32 Å². The minimum atomic E-state index is 0.475. The number of thiophene rings is 1. The van der Waals surface area contributed by atoms with Gasteiger partial charge in [0.1, 0.15) is 0 Å². The van der Waals surface area contributed by atoms with Gasteiger partial charge in [-0.2, -0.15) is 0 Å². The van der Waals surface area contributed by atoms with Gasteiger partial charge in [0.25, 0.3) is 0 Å². The first-order valence-corrected chi connectivity index (χ1v) is 9.13. The van der Waals surface area contributed by atoms with E-state index in [9.17, 15) is 0 Å². The average Bonchev–Trinajstić information content (AvgIpc) is 2.74. The van der Waals surface area contributed by atoms with Crippen LogP contribution in [0.2, 0.25) is 0 Å². The fraction of sp³-hybridized carbons (Fsp3) is 0.333. The third-order valence-electron chi connectivity index (χ3n) is 3.60. The van der Waals surface area contributed by atoms with E-state index >= 15 is 0 Å². The van der Waals surface area contributed by atoms with Crippen molar-refractivity contribution in [3.05, 3.63) is 47.6 Å². The molecule has 0 radical (unpaired) electrons. The summed E-state index contributed by atoms with van der Waals surface area (Å²) in [6.45, 7) is 2.16. The van der Waals surface area contributed by atoms with Gasteiger partial charge in [0.15, 0.2) is 0 Å². The first-order chi connectivity index (χ1) is 9.13. The van der Waals surface area contributed by atoms with Crippen molar-refractivity contribution < 1.29 is 0 Å². The van der Waals surface area contributed by atoms with Crippen LogP contribution in [0.4, 0.5) is 5.69 Å². The van der Waals surface area contributed by atoms with Gasteiger partial charge >= 0.3 is 0 Å². The highest BCUT2D eigenvalue weighted by molar-refractivity contribution is 14.1. The summed E-state index contributed by atoms with van der Waals surface area (Å²) in [4.78, 5) is 1.57. The first kappa shape index (κ1) is 13.9. The predicted molar refractivity (Wildman–Crippen MR) is 95.2 cm³/mol. The molecule has 1 aliphatic carbocycles. The Kier molecular flexibility index (Phi) is 4.19. The van der Waals surface area contributed by atoms with Crippen molar-refractivity contribution in [2.45, 2.75) is 32.2 Å². The molecule has 3 rings (SSSR count). The largest absolute Gasteiger partial charge is 0.378 e. The number of benzene rings is 1. The zero-order valence-electron chi connectivity index (χ0n) is 10.7. The molecule has 0 bridgehead atoms. The van der Waals surface area contributed by atoms with Crippen LogP contribution in [0.3, 0.4) is 0 Å². The van der Waals surface area contributed by atoms with Gasteiger partial charge in [-0.15, -0.1) is 11.3 Å². The Morgan fingerprint density at radius 2 is 2.21 bits per heavy atom. The van der Waals surface area contributed by atoms with Gasteiger partial charge in [0, 0.05) is 15.0 Å². The van der Waals surface area contributed by atoms with E-state index < -0.39 is 0 Å². The second-order valence-electron chi connectivity index (χ2n) is 4.98. The van der Waals surface area contributed by atoms with Gasteiger partial charge in [-0.3, -0.25) is 0 Å². The quantitative estimate of drug-likeness (QED) is 0.564. The molecular weight excluding hydrogens is 433 g/mol. The molecule has 1 nitrogen and oxygen atoms in total. The maximum Gasteiger partial charge on any atom is 0.0660 e. The number of aryl methyl sites for hydroxylation is 2. The number of fused-ring (bicyclic) bond motifs is 1. The molecule has 0 saturated heterocycles. The molecule has 1 N–H and O–H groups in total. The van der Waals surface area contributed by atoms with Gasteiger partial charge < -0.3 is 5.32 Å². The molecule has 1 unspecified atom stereocenters. The molecule has 1 aromatic heterocycles. The highest BCUT2D eigenvalue weighted by Crippen LogP contribution is 2.38. The van der Waals surface area contributed by atoms with E-state index in [1.807, 2.05) is 11.3 Å². The Balaban J connectivity index is 1.88. The summed E-state index contributed by atoms with van der Waals surface area (Å²) in [7, 11) is 0. The molecule has 2 aromatic rings. The molecular formula is C15H15BrINS. The van der Waals surface area contributed by atoms with Crippen LogP contribution in [0, 0.1) is 9.81 Å². The van der Waals surface area contributed by atoms with Crippen LogP contribution in [-0.4, -0.2) is 0 Å². The summed E-state index contributed by atoms with van der Waals surface area (Å²) in [6, 6.07) is 9.28. The molecule has 0 amide bonds. The SMILES string of the molecule is Cc1cc(Br)ccc1NC1CCCc2sc(I)cc21. The van der Waals surface area contributed by atoms with Crippen molar-refractivity contribution in [2.24, 2.45) is 0 Å². The first-order valence-electron chi connectivity index (χ1n) is 6.44. The number of hydrogen-bond donors (Lipinski definition) is 1. The third-order valence-corrected chi connectivity index (χ3v) is 6.07. The molecule has 4 heteroatoms. The van der Waals surface area contributed by atoms with E-state index in [1.165, 1.54) is 39.0 Å². The van der Waals surface area contributed by atoms with Crippen molar-refractivity contribution >= 4 is 55.5 Å². The van der Waals surface area contributed by atoms with E-state index in [4.69, 9.17) is 0 Å². The maximum absolute atomic E-state index is 3.73. The zero-order valence-corrected chi connectivity index (χ0v) is 15.2. The molecule has 0 aliphatic heterocycles. The van der Waals surface area contributed by atoms with Crippen molar-refractivity contribution in [1.82, 2.24) is 0 Å². The van der Waals surface area contributed by atoms with Crippen LogP contribution in [-0.2, 0) is 6.42 Å². The highest BCUT2D eigenvalue weighted by Gasteiger charge is 2.22. The lowest BCUT2D eigenvalue weighted by molar-refractivity contribution is 0.608. The minimum absolute atomic E-state index is 0.475. The Morgan fingerprint density at radius 3 is 3.00 bits per heavy atom. The smallest absolute Gasteiger partial charge is 0.0660 e. The van der Waals surface area contributed by atoms with E-state index in [-0.39, 0.29) is 0 Å². The lowest BCUT2D eigenvalue weighted by Gasteiger charge is -2.25. The fourth-order valence-electron chi connectivity index (χ4n) is 2.65. The summed E-state index contributed by atoms with van der Waals surface area (Å²) >= 11 is 7.91. The number of nitrogens with one attached hydrogen (secondary N) is 1. The zero-order chi connectivity index (χ0) is 13.4. The highest BCUT2D eigenvalue weighted by atomic mass is 127. The van der Waals surface area contributed by atoms with E-state index in [0.29, 0.717) is 6.04 Å². The standard InChI is InChI=1S/C15H15BrINS/c1-9-7-10(16)5-6-12(9)18-13-3-2-4-14-11(13)8-15(17)19-14/h5-8,13,18H,2-4H2,1H3. The molecule has 0 spiro atoms. The number of halogens is 2. The van der Waals surface area contributed by atoms with Crippen LogP contribution in [0.25, 0.3) is 0 Å². The maximum atomic E-state index is 3.73. The Bertz CT molecular complexity index is 608. The molecule has 1 atom stereocenters. The van der Waals surface area contributed by atoms with Crippen molar-refractivity contribution in [3.8, 4) is 0 Å². The number of hydrogen-bond acceptors (Lipinski definition) is 2. The Hall–Kier alpha value is -0.0700. The molecule has 19 heavy (non-hydrogen) atoms. The average molecular weight is 448 g/mol. The third kappa shape index (κ3) is 3.00. The number of anilines is 1. The minimum Gasteiger partial charge on any atom is -0.378 e. The van der Waals surface area contributed by atoms with Crippen LogP contribution in [0.1, 0.15) is 34.9 Å². The van der Waals surface area contributed by atoms with Gasteiger partial charge in [-0.1, -0.05) is 15.9 Å². The van der Waals surface area contributed by atoms with E-state index in [0.717, 1.165) is 4.47 Å². The van der Waals surface area contributed by atoms with Crippen LogP contribution >= 0.6 is 49.9 Å². The summed E-state index contributed by atoms with van der Waals surface area (Å²) in [5, 5.41) is 3.73. The van der Waals surface area contributed by atoms with Gasteiger partial charge in [0.2, 0.25) is 0 Å². The van der Waals surface area contributed by atoms with Crippen LogP contribution < -0.4 is 5.32 Å². The summed E-state index contributed by atoms with van der Waals surface area (Å²) in [5.41, 5.74) is 4.07. The molecule has 0 saturated carbocycles. The van der Waals surface area contributed by atoms with Gasteiger partial charge in [0.05, 0.1) is 8.93 Å². The van der Waals surface area contributed by atoms with E-state index in [2.05, 4.69) is 75.0 Å². The van der Waals surface area contributed by atoms with Crippen LogP contribution in [0.15, 0.2) is 28.7 Å². The second kappa shape index (κ2) is 5.74. The molecule has 100 valence electrons. The fourth-order valence-corrected chi connectivity index (χ4v) is 5.24. The normalized spacial score (nSPS) is 18.2. The van der Waals surface area contributed by atoms with Gasteiger partial charge in [-0.25, -0.2) is 0 Å². The molecule has 1 heterocycles. The van der Waals surface area contributed by atoms with E-state index in [1.54, 1.807) is 4.88 Å². The van der Waals surface area contributed by atoms with Crippen LogP contribution in [0.5, 0.6) is 0 Å². The summed E-state index contributed by atoms with van der Waals surface area (Å²) < 4.78 is 2.55. The monoisotopic (exact) mass is 447 g/mol. The predicted octanol–water partition coefficient (Wildman–Crippen LogP) is 5.91. The molecule has 0 fully saturated rings. The van der Waals surface area contributed by atoms with Crippen molar-refractivity contribution in [3.63, 3.8) is 0 Å². The molecule has 1 aliphatic rings. The summed E-state index contributed by atoms with van der Waals surface area (Å²) in [6.07, 6.45) is 3.77. The van der Waals surface area contributed by atoms with Gasteiger partial charge in [-0.05, 0) is 84.2 Å². The molecule has 1 aromatic carbocycles. The summed E-state index contributed by atoms with van der Waals surface area (Å²) in [5.74, 6) is 0. The second-order valence-corrected chi connectivity index (χ2v) is 8.92. The van der Waals surface area contributed by atoms with Crippen molar-refractivity contribution in [1.29, 1.82) is 0 Å².